The lowest BCUT2D eigenvalue weighted by Gasteiger charge is -2.28. The normalized spacial score (nSPS) is 14.3. The molecule has 8 aromatic rings. The number of benzene rings is 8. The average Bonchev–Trinajstić information content (AvgIpc) is 3.49. The maximum absolute atomic E-state index is 8.79. The summed E-state index contributed by atoms with van der Waals surface area (Å²) in [5, 5.41) is 15.7. The SMILES string of the molecule is CC1(C)c2ccccc2-c2cc(N(c3ccc(-c4ccccc4)cc3)c3cccc(-c4ccc5c6c(ccc5c4)C=CC(=N)/C6=N\Nc4ccccc4)c3)ccc21. The largest absolute Gasteiger partial charge is 0.310 e. The first-order valence-corrected chi connectivity index (χ1v) is 19.5. The summed E-state index contributed by atoms with van der Waals surface area (Å²) in [5.41, 5.74) is 20.3. The van der Waals surface area contributed by atoms with Gasteiger partial charge in [-0.1, -0.05) is 147 Å². The van der Waals surface area contributed by atoms with Crippen molar-refractivity contribution in [3.63, 3.8) is 0 Å². The molecular formula is C53H40N4. The van der Waals surface area contributed by atoms with Crippen molar-refractivity contribution in [2.45, 2.75) is 19.3 Å². The maximum atomic E-state index is 8.79. The summed E-state index contributed by atoms with van der Waals surface area (Å²) in [6.07, 6.45) is 3.83. The molecule has 0 heterocycles. The first kappa shape index (κ1) is 34.2. The minimum Gasteiger partial charge on any atom is -0.310 e. The van der Waals surface area contributed by atoms with Crippen molar-refractivity contribution >= 4 is 51.0 Å². The number of nitrogens with zero attached hydrogens (tertiary/aromatic N) is 2. The van der Waals surface area contributed by atoms with Crippen molar-refractivity contribution < 1.29 is 0 Å². The molecule has 0 atom stereocenters. The summed E-state index contributed by atoms with van der Waals surface area (Å²) >= 11 is 0. The molecule has 0 spiro atoms. The quantitative estimate of drug-likeness (QED) is 0.160. The summed E-state index contributed by atoms with van der Waals surface area (Å²) in [5.74, 6) is 0. The van der Waals surface area contributed by atoms with Crippen LogP contribution in [0.4, 0.5) is 22.7 Å². The lowest BCUT2D eigenvalue weighted by Crippen LogP contribution is -2.19. The van der Waals surface area contributed by atoms with Gasteiger partial charge >= 0.3 is 0 Å². The Morgan fingerprint density at radius 1 is 0.509 bits per heavy atom. The minimum absolute atomic E-state index is 0.0660. The molecule has 0 unspecified atom stereocenters. The van der Waals surface area contributed by atoms with Crippen LogP contribution in [0.25, 0.3) is 50.2 Å². The van der Waals surface area contributed by atoms with Crippen LogP contribution in [0.3, 0.4) is 0 Å². The molecular weight excluding hydrogens is 693 g/mol. The highest BCUT2D eigenvalue weighted by Crippen LogP contribution is 2.50. The van der Waals surface area contributed by atoms with Gasteiger partial charge in [0.05, 0.1) is 11.4 Å². The Bertz CT molecular complexity index is 2900. The Morgan fingerprint density at radius 3 is 1.98 bits per heavy atom. The second-order valence-electron chi connectivity index (χ2n) is 15.4. The molecule has 0 saturated heterocycles. The van der Waals surface area contributed by atoms with Gasteiger partial charge in [0, 0.05) is 28.0 Å². The van der Waals surface area contributed by atoms with E-state index >= 15 is 0 Å². The number of hydrazone groups is 1. The maximum Gasteiger partial charge on any atom is 0.117 e. The number of hydrogen-bond donors (Lipinski definition) is 2. The summed E-state index contributed by atoms with van der Waals surface area (Å²) in [4.78, 5) is 2.38. The van der Waals surface area contributed by atoms with E-state index in [0.717, 1.165) is 55.8 Å². The molecule has 8 aromatic carbocycles. The van der Waals surface area contributed by atoms with Crippen LogP contribution in [-0.2, 0) is 5.41 Å². The van der Waals surface area contributed by atoms with Crippen LogP contribution in [-0.4, -0.2) is 11.4 Å². The topological polar surface area (TPSA) is 51.5 Å². The van der Waals surface area contributed by atoms with E-state index < -0.39 is 0 Å². The molecule has 272 valence electrons. The van der Waals surface area contributed by atoms with E-state index in [1.165, 1.54) is 33.4 Å². The monoisotopic (exact) mass is 732 g/mol. The van der Waals surface area contributed by atoms with Gasteiger partial charge in [-0.2, -0.15) is 5.10 Å². The molecule has 4 heteroatoms. The summed E-state index contributed by atoms with van der Waals surface area (Å²) in [6.45, 7) is 4.66. The number of para-hydroxylation sites is 1. The van der Waals surface area contributed by atoms with E-state index in [9.17, 15) is 0 Å². The third-order valence-corrected chi connectivity index (χ3v) is 11.5. The second kappa shape index (κ2) is 13.8. The van der Waals surface area contributed by atoms with E-state index in [-0.39, 0.29) is 5.41 Å². The first-order chi connectivity index (χ1) is 27.9. The van der Waals surface area contributed by atoms with E-state index in [4.69, 9.17) is 10.5 Å². The molecule has 57 heavy (non-hydrogen) atoms. The fourth-order valence-corrected chi connectivity index (χ4v) is 8.62. The van der Waals surface area contributed by atoms with Crippen molar-refractivity contribution in [3.05, 3.63) is 210 Å². The van der Waals surface area contributed by atoms with Gasteiger partial charge in [-0.05, 0) is 122 Å². The van der Waals surface area contributed by atoms with Gasteiger partial charge in [0.2, 0.25) is 0 Å². The first-order valence-electron chi connectivity index (χ1n) is 19.5. The molecule has 0 saturated carbocycles. The summed E-state index contributed by atoms with van der Waals surface area (Å²) in [6, 6.07) is 64.9. The molecule has 0 fully saturated rings. The van der Waals surface area contributed by atoms with Crippen LogP contribution >= 0.6 is 0 Å². The van der Waals surface area contributed by atoms with E-state index in [1.807, 2.05) is 42.5 Å². The molecule has 2 aliphatic rings. The third kappa shape index (κ3) is 6.03. The van der Waals surface area contributed by atoms with Crippen LogP contribution in [0.15, 0.2) is 193 Å². The van der Waals surface area contributed by atoms with Crippen molar-refractivity contribution in [3.8, 4) is 33.4 Å². The summed E-state index contributed by atoms with van der Waals surface area (Å²) in [7, 11) is 0. The molecule has 0 bridgehead atoms. The smallest absolute Gasteiger partial charge is 0.117 e. The van der Waals surface area contributed by atoms with E-state index in [0.29, 0.717) is 11.4 Å². The van der Waals surface area contributed by atoms with Gasteiger partial charge in [0.15, 0.2) is 0 Å². The zero-order valence-electron chi connectivity index (χ0n) is 31.9. The molecule has 10 rings (SSSR count). The average molecular weight is 733 g/mol. The zero-order valence-corrected chi connectivity index (χ0v) is 31.9. The zero-order chi connectivity index (χ0) is 38.5. The predicted molar refractivity (Wildman–Crippen MR) is 240 cm³/mol. The van der Waals surface area contributed by atoms with Gasteiger partial charge in [0.1, 0.15) is 5.71 Å². The lowest BCUT2D eigenvalue weighted by atomic mass is 9.82. The highest BCUT2D eigenvalue weighted by atomic mass is 15.3. The predicted octanol–water partition coefficient (Wildman–Crippen LogP) is 13.8. The lowest BCUT2D eigenvalue weighted by molar-refractivity contribution is 0.660. The Morgan fingerprint density at radius 2 is 1.16 bits per heavy atom. The molecule has 0 radical (unpaired) electrons. The standard InChI is InChI=1S/C53H40N4/c1-53(2)48-19-10-9-18-46(48)47-34-44(28-30-49(47)53)57(42-26-22-36(23-27-42)35-12-5-3-6-13-35)43-17-11-14-38(33-43)39-24-29-45-40(32-39)21-20-37-25-31-50(54)52(51(37)45)56-55-41-15-7-4-8-16-41/h3-34,54-55H,1-2H3/b54-50?,56-52+. The molecule has 2 N–H and O–H groups in total. The van der Waals surface area contributed by atoms with Crippen LogP contribution in [0, 0.1) is 5.41 Å². The Kier molecular flexibility index (Phi) is 8.27. The van der Waals surface area contributed by atoms with Gasteiger partial charge in [-0.3, -0.25) is 10.8 Å². The number of allylic oxidation sites excluding steroid dienone is 1. The van der Waals surface area contributed by atoms with Crippen LogP contribution in [0.1, 0.15) is 36.1 Å². The molecule has 0 aliphatic heterocycles. The summed E-state index contributed by atoms with van der Waals surface area (Å²) < 4.78 is 0. The van der Waals surface area contributed by atoms with Crippen molar-refractivity contribution in [1.82, 2.24) is 0 Å². The number of hydrogen-bond acceptors (Lipinski definition) is 4. The Labute approximate surface area is 333 Å². The van der Waals surface area contributed by atoms with Crippen LogP contribution in [0.2, 0.25) is 0 Å². The molecule has 0 aromatic heterocycles. The Hall–Kier alpha value is -7.30. The van der Waals surface area contributed by atoms with Gasteiger partial charge < -0.3 is 4.90 Å². The molecule has 2 aliphatic carbocycles. The van der Waals surface area contributed by atoms with Gasteiger partial charge in [0.25, 0.3) is 0 Å². The fourth-order valence-electron chi connectivity index (χ4n) is 8.62. The minimum atomic E-state index is -0.0660. The third-order valence-electron chi connectivity index (χ3n) is 11.5. The van der Waals surface area contributed by atoms with Crippen molar-refractivity contribution in [2.75, 3.05) is 10.3 Å². The molecule has 0 amide bonds. The number of anilines is 4. The number of nitrogens with one attached hydrogen (secondary N) is 2. The highest BCUT2D eigenvalue weighted by Gasteiger charge is 2.35. The fraction of sp³-hybridized carbons (Fsp3) is 0.0566. The Balaban J connectivity index is 1.07. The van der Waals surface area contributed by atoms with Crippen LogP contribution < -0.4 is 10.3 Å². The second-order valence-corrected chi connectivity index (χ2v) is 15.4. The molecule has 4 nitrogen and oxygen atoms in total. The van der Waals surface area contributed by atoms with Crippen molar-refractivity contribution in [1.29, 1.82) is 5.41 Å². The van der Waals surface area contributed by atoms with Gasteiger partial charge in [-0.25, -0.2) is 0 Å². The number of rotatable bonds is 7. The van der Waals surface area contributed by atoms with E-state index in [2.05, 4.69) is 176 Å². The van der Waals surface area contributed by atoms with Crippen LogP contribution in [0.5, 0.6) is 0 Å². The van der Waals surface area contributed by atoms with E-state index in [1.54, 1.807) is 0 Å². The highest BCUT2D eigenvalue weighted by molar-refractivity contribution is 6.55. The number of fused-ring (bicyclic) bond motifs is 6. The van der Waals surface area contributed by atoms with Gasteiger partial charge in [-0.15, -0.1) is 0 Å². The van der Waals surface area contributed by atoms with Crippen molar-refractivity contribution in [2.24, 2.45) is 5.10 Å².